The van der Waals surface area contributed by atoms with Crippen molar-refractivity contribution in [3.63, 3.8) is 0 Å². The van der Waals surface area contributed by atoms with Gasteiger partial charge >= 0.3 is 0 Å². The number of aromatic nitrogens is 2. The third-order valence-electron chi connectivity index (χ3n) is 7.41. The Morgan fingerprint density at radius 3 is 2.37 bits per heavy atom. The molecule has 0 aliphatic carbocycles. The van der Waals surface area contributed by atoms with Gasteiger partial charge in [0, 0.05) is 44.9 Å². The monoisotopic (exact) mass is 581 g/mol. The third kappa shape index (κ3) is 6.77. The van der Waals surface area contributed by atoms with Crippen LogP contribution in [0.3, 0.4) is 0 Å². The Balaban J connectivity index is 1.22. The van der Waals surface area contributed by atoms with Crippen molar-refractivity contribution in [1.82, 2.24) is 19.4 Å². The molecule has 0 spiro atoms. The molecular weight excluding hydrogens is 546 g/mol. The zero-order valence-electron chi connectivity index (χ0n) is 23.3. The van der Waals surface area contributed by atoms with Crippen LogP contribution in [0.4, 0.5) is 5.82 Å². The first-order valence-electron chi connectivity index (χ1n) is 13.6. The van der Waals surface area contributed by atoms with E-state index in [9.17, 15) is 13.2 Å². The van der Waals surface area contributed by atoms with Crippen LogP contribution in [-0.4, -0.2) is 99.9 Å². The molecule has 2 aromatic carbocycles. The Morgan fingerprint density at radius 1 is 0.976 bits per heavy atom. The molecule has 11 nitrogen and oxygen atoms in total. The molecule has 41 heavy (non-hydrogen) atoms. The first kappa shape index (κ1) is 28.8. The van der Waals surface area contributed by atoms with E-state index in [1.165, 1.54) is 23.5 Å². The van der Waals surface area contributed by atoms with Crippen LogP contribution in [0, 0.1) is 0 Å². The predicted octanol–water partition coefficient (Wildman–Crippen LogP) is 2.68. The molecule has 12 heteroatoms. The second-order valence-corrected chi connectivity index (χ2v) is 11.9. The molecule has 218 valence electrons. The number of piperazine rings is 1. The number of carbonyl (C=O) groups is 1. The second-order valence-electron chi connectivity index (χ2n) is 9.98. The summed E-state index contributed by atoms with van der Waals surface area (Å²) in [5.74, 6) is 1.80. The van der Waals surface area contributed by atoms with Gasteiger partial charge < -0.3 is 24.0 Å². The predicted molar refractivity (Wildman–Crippen MR) is 154 cm³/mol. The Bertz CT molecular complexity index is 1420. The number of amides is 1. The Morgan fingerprint density at radius 2 is 1.73 bits per heavy atom. The molecule has 3 heterocycles. The maximum absolute atomic E-state index is 13.6. The summed E-state index contributed by atoms with van der Waals surface area (Å²) < 4.78 is 44.6. The molecule has 0 saturated carbocycles. The Labute approximate surface area is 240 Å². The minimum Gasteiger partial charge on any atom is -0.497 e. The molecule has 1 amide bonds. The first-order chi connectivity index (χ1) is 19.9. The van der Waals surface area contributed by atoms with Crippen molar-refractivity contribution in [1.29, 1.82) is 0 Å². The fraction of sp³-hybridized carbons (Fsp3) is 0.414. The molecule has 2 fully saturated rings. The molecule has 2 aliphatic rings. The van der Waals surface area contributed by atoms with Crippen LogP contribution in [0.5, 0.6) is 11.5 Å². The normalized spacial score (nSPS) is 17.6. The Kier molecular flexibility index (Phi) is 9.01. The molecule has 5 rings (SSSR count). The van der Waals surface area contributed by atoms with E-state index in [1.807, 2.05) is 36.4 Å². The number of rotatable bonds is 10. The highest BCUT2D eigenvalue weighted by Gasteiger charge is 2.33. The van der Waals surface area contributed by atoms with E-state index in [0.717, 1.165) is 35.7 Å². The lowest BCUT2D eigenvalue weighted by molar-refractivity contribution is -0.131. The van der Waals surface area contributed by atoms with Gasteiger partial charge in [-0.3, -0.25) is 4.79 Å². The number of ether oxygens (including phenoxy) is 3. The molecule has 2 saturated heterocycles. The third-order valence-corrected chi connectivity index (χ3v) is 9.24. The van der Waals surface area contributed by atoms with Crippen molar-refractivity contribution in [3.05, 3.63) is 60.7 Å². The largest absolute Gasteiger partial charge is 0.497 e. The number of benzene rings is 2. The topological polar surface area (TPSA) is 114 Å². The maximum Gasteiger partial charge on any atom is 0.243 e. The highest BCUT2D eigenvalue weighted by Crippen LogP contribution is 2.25. The molecular formula is C29H35N5O6S. The van der Waals surface area contributed by atoms with Gasteiger partial charge in [-0.05, 0) is 61.4 Å². The van der Waals surface area contributed by atoms with Crippen LogP contribution in [-0.2, 0) is 19.6 Å². The molecule has 0 N–H and O–H groups in total. The lowest BCUT2D eigenvalue weighted by Crippen LogP contribution is -2.52. The van der Waals surface area contributed by atoms with E-state index in [1.54, 1.807) is 24.1 Å². The number of sulfonamides is 1. The fourth-order valence-electron chi connectivity index (χ4n) is 5.03. The van der Waals surface area contributed by atoms with Gasteiger partial charge in [0.15, 0.2) is 5.82 Å². The van der Waals surface area contributed by atoms with Crippen LogP contribution >= 0.6 is 0 Å². The summed E-state index contributed by atoms with van der Waals surface area (Å²) in [6.07, 6.45) is 1.41. The van der Waals surface area contributed by atoms with Crippen LogP contribution in [0.25, 0.3) is 11.3 Å². The summed E-state index contributed by atoms with van der Waals surface area (Å²) in [4.78, 5) is 17.3. The van der Waals surface area contributed by atoms with E-state index in [0.29, 0.717) is 38.5 Å². The van der Waals surface area contributed by atoms with Crippen molar-refractivity contribution >= 4 is 21.7 Å². The quantitative estimate of drug-likeness (QED) is 0.357. The zero-order chi connectivity index (χ0) is 28.8. The van der Waals surface area contributed by atoms with Crippen LogP contribution in [0.2, 0.25) is 0 Å². The van der Waals surface area contributed by atoms with Crippen molar-refractivity contribution in [3.8, 4) is 22.8 Å². The Hall–Kier alpha value is -3.74. The van der Waals surface area contributed by atoms with E-state index in [-0.39, 0.29) is 30.0 Å². The fourth-order valence-corrected chi connectivity index (χ4v) is 6.45. The summed E-state index contributed by atoms with van der Waals surface area (Å²) in [5.41, 5.74) is 1.65. The highest BCUT2D eigenvalue weighted by atomic mass is 32.2. The van der Waals surface area contributed by atoms with Gasteiger partial charge in [0.2, 0.25) is 15.9 Å². The summed E-state index contributed by atoms with van der Waals surface area (Å²) in [5, 5.41) is 8.80. The van der Waals surface area contributed by atoms with Gasteiger partial charge in [-0.25, -0.2) is 8.42 Å². The number of methoxy groups -OCH3 is 2. The molecule has 0 unspecified atom stereocenters. The number of nitrogens with zero attached hydrogens (tertiary/aromatic N) is 5. The first-order valence-corrected chi connectivity index (χ1v) is 15.1. The van der Waals surface area contributed by atoms with Crippen molar-refractivity contribution in [2.24, 2.45) is 0 Å². The van der Waals surface area contributed by atoms with Gasteiger partial charge in [0.25, 0.3) is 0 Å². The van der Waals surface area contributed by atoms with Gasteiger partial charge in [-0.15, -0.1) is 10.2 Å². The van der Waals surface area contributed by atoms with E-state index < -0.39 is 10.0 Å². The number of hydrogen-bond donors (Lipinski definition) is 0. The average Bonchev–Trinajstić information content (AvgIpc) is 3.54. The van der Waals surface area contributed by atoms with Gasteiger partial charge in [-0.2, -0.15) is 4.31 Å². The molecule has 2 aliphatic heterocycles. The van der Waals surface area contributed by atoms with Crippen LogP contribution < -0.4 is 14.4 Å². The molecule has 1 atom stereocenters. The summed E-state index contributed by atoms with van der Waals surface area (Å²) in [7, 11) is -0.771. The van der Waals surface area contributed by atoms with Gasteiger partial charge in [-0.1, -0.05) is 12.1 Å². The van der Waals surface area contributed by atoms with Gasteiger partial charge in [0.1, 0.15) is 11.5 Å². The van der Waals surface area contributed by atoms with Crippen LogP contribution in [0.15, 0.2) is 65.6 Å². The molecule has 0 bridgehead atoms. The van der Waals surface area contributed by atoms with E-state index in [2.05, 4.69) is 15.1 Å². The highest BCUT2D eigenvalue weighted by molar-refractivity contribution is 7.89. The van der Waals surface area contributed by atoms with Gasteiger partial charge in [0.05, 0.1) is 37.5 Å². The smallest absolute Gasteiger partial charge is 0.243 e. The second kappa shape index (κ2) is 12.8. The number of anilines is 1. The van der Waals surface area contributed by atoms with E-state index >= 15 is 0 Å². The average molecular weight is 582 g/mol. The van der Waals surface area contributed by atoms with Crippen molar-refractivity contribution in [2.45, 2.75) is 23.8 Å². The minimum atomic E-state index is -3.92. The van der Waals surface area contributed by atoms with Crippen LogP contribution in [0.1, 0.15) is 12.8 Å². The van der Waals surface area contributed by atoms with Crippen molar-refractivity contribution < 1.29 is 27.4 Å². The number of carbonyl (C=O) groups excluding carboxylic acids is 1. The summed E-state index contributed by atoms with van der Waals surface area (Å²) in [6, 6.07) is 17.7. The molecule has 0 radical (unpaired) electrons. The lowest BCUT2D eigenvalue weighted by atomic mass is 10.1. The minimum absolute atomic E-state index is 0.116. The lowest BCUT2D eigenvalue weighted by Gasteiger charge is -2.36. The standard InChI is InChI=1S/C29H35N5O6S/c1-38-23-8-10-26(11-9-23)41(36,37)34(20-25-7-4-18-40-25)21-29(35)33-16-14-32(15-17-33)28-13-12-27(30-31-28)22-5-3-6-24(19-22)39-2/h3,5-6,8-13,19,25H,4,7,14-18,20-21H2,1-2H3/t25-/m1/s1. The SMILES string of the molecule is COc1ccc(S(=O)(=O)N(CC(=O)N2CCN(c3ccc(-c4cccc(OC)c4)nn3)CC2)C[C@H]2CCCO2)cc1. The maximum atomic E-state index is 13.6. The molecule has 1 aromatic heterocycles. The van der Waals surface area contributed by atoms with E-state index in [4.69, 9.17) is 14.2 Å². The zero-order valence-corrected chi connectivity index (χ0v) is 24.1. The summed E-state index contributed by atoms with van der Waals surface area (Å²) in [6.45, 7) is 2.52. The number of hydrogen-bond acceptors (Lipinski definition) is 9. The molecule has 3 aromatic rings. The summed E-state index contributed by atoms with van der Waals surface area (Å²) >= 11 is 0. The van der Waals surface area contributed by atoms with Crippen molar-refractivity contribution in [2.75, 3.05) is 65.0 Å².